The van der Waals surface area contributed by atoms with Crippen LogP contribution in [0.3, 0.4) is 0 Å². The smallest absolute Gasteiger partial charge is 0.0886 e. The third-order valence-corrected chi connectivity index (χ3v) is 2.37. The van der Waals surface area contributed by atoms with Crippen LogP contribution in [0, 0.1) is 0 Å². The molecule has 0 aromatic rings. The summed E-state index contributed by atoms with van der Waals surface area (Å²) in [5.74, 6) is 0. The molecule has 1 aliphatic heterocycles. The molecule has 0 amide bonds. The van der Waals surface area contributed by atoms with Crippen molar-refractivity contribution in [3.63, 3.8) is 0 Å². The van der Waals surface area contributed by atoms with Crippen molar-refractivity contribution >= 4 is 0 Å². The SMILES string of the molecule is CC(C)(O)[C@H]1C[C@@H](O)C[C@@H](CO)O1. The van der Waals surface area contributed by atoms with Crippen LogP contribution in [0.5, 0.6) is 0 Å². The topological polar surface area (TPSA) is 69.9 Å². The zero-order valence-corrected chi connectivity index (χ0v) is 8.10. The van der Waals surface area contributed by atoms with Gasteiger partial charge in [-0.15, -0.1) is 0 Å². The Hall–Kier alpha value is -0.160. The van der Waals surface area contributed by atoms with Gasteiger partial charge < -0.3 is 20.1 Å². The van der Waals surface area contributed by atoms with E-state index in [0.717, 1.165) is 0 Å². The number of aliphatic hydroxyl groups excluding tert-OH is 2. The van der Waals surface area contributed by atoms with E-state index in [2.05, 4.69) is 0 Å². The van der Waals surface area contributed by atoms with Crippen LogP contribution >= 0.6 is 0 Å². The molecule has 0 saturated carbocycles. The molecule has 0 bridgehead atoms. The fourth-order valence-electron chi connectivity index (χ4n) is 1.56. The summed E-state index contributed by atoms with van der Waals surface area (Å²) in [5.41, 5.74) is -0.963. The summed E-state index contributed by atoms with van der Waals surface area (Å²) in [5, 5.41) is 28.0. The Balaban J connectivity index is 2.57. The molecule has 4 heteroatoms. The normalized spacial score (nSPS) is 36.2. The summed E-state index contributed by atoms with van der Waals surface area (Å²) >= 11 is 0. The maximum absolute atomic E-state index is 9.66. The predicted molar refractivity (Wildman–Crippen MR) is 47.3 cm³/mol. The van der Waals surface area contributed by atoms with Crippen LogP contribution in [0.1, 0.15) is 26.7 Å². The largest absolute Gasteiger partial charge is 0.394 e. The molecule has 1 rings (SSSR count). The highest BCUT2D eigenvalue weighted by atomic mass is 16.5. The van der Waals surface area contributed by atoms with Gasteiger partial charge in [-0.2, -0.15) is 0 Å². The monoisotopic (exact) mass is 190 g/mol. The number of aliphatic hydroxyl groups is 3. The molecular weight excluding hydrogens is 172 g/mol. The van der Waals surface area contributed by atoms with E-state index < -0.39 is 17.8 Å². The van der Waals surface area contributed by atoms with Crippen molar-refractivity contribution in [1.82, 2.24) is 0 Å². The van der Waals surface area contributed by atoms with Gasteiger partial charge in [0.05, 0.1) is 30.5 Å². The number of rotatable bonds is 2. The molecule has 78 valence electrons. The lowest BCUT2D eigenvalue weighted by molar-refractivity contribution is -0.175. The highest BCUT2D eigenvalue weighted by Gasteiger charge is 2.36. The van der Waals surface area contributed by atoms with E-state index >= 15 is 0 Å². The standard InChI is InChI=1S/C9H18O4/c1-9(2,12)8-4-6(11)3-7(5-10)13-8/h6-8,10-12H,3-5H2,1-2H3/t6-,7-,8+/m0/s1. The van der Waals surface area contributed by atoms with E-state index in [-0.39, 0.29) is 12.7 Å². The van der Waals surface area contributed by atoms with Gasteiger partial charge in [-0.3, -0.25) is 0 Å². The van der Waals surface area contributed by atoms with Gasteiger partial charge in [-0.05, 0) is 13.8 Å². The summed E-state index contributed by atoms with van der Waals surface area (Å²) < 4.78 is 5.41. The predicted octanol–water partition coefficient (Wildman–Crippen LogP) is -0.342. The molecule has 4 nitrogen and oxygen atoms in total. The van der Waals surface area contributed by atoms with E-state index in [1.165, 1.54) is 0 Å². The molecule has 0 spiro atoms. The Morgan fingerprint density at radius 2 is 2.00 bits per heavy atom. The van der Waals surface area contributed by atoms with Crippen molar-refractivity contribution in [3.05, 3.63) is 0 Å². The van der Waals surface area contributed by atoms with Crippen LogP contribution in [0.4, 0.5) is 0 Å². The Morgan fingerprint density at radius 3 is 2.46 bits per heavy atom. The highest BCUT2D eigenvalue weighted by molar-refractivity contribution is 4.86. The second-order valence-corrected chi connectivity index (χ2v) is 4.21. The fraction of sp³-hybridized carbons (Fsp3) is 1.00. The second-order valence-electron chi connectivity index (χ2n) is 4.21. The first kappa shape index (κ1) is 10.9. The van der Waals surface area contributed by atoms with Crippen molar-refractivity contribution in [2.45, 2.75) is 50.6 Å². The Bertz CT molecular complexity index is 163. The van der Waals surface area contributed by atoms with Crippen LogP contribution in [0.25, 0.3) is 0 Å². The number of hydrogen-bond acceptors (Lipinski definition) is 4. The minimum atomic E-state index is -0.963. The summed E-state index contributed by atoms with van der Waals surface area (Å²) in [6.07, 6.45) is -0.348. The van der Waals surface area contributed by atoms with Crippen molar-refractivity contribution < 1.29 is 20.1 Å². The van der Waals surface area contributed by atoms with Gasteiger partial charge in [0.2, 0.25) is 0 Å². The van der Waals surface area contributed by atoms with Gasteiger partial charge in [0, 0.05) is 12.8 Å². The lowest BCUT2D eigenvalue weighted by atomic mass is 9.91. The zero-order chi connectivity index (χ0) is 10.1. The van der Waals surface area contributed by atoms with Crippen molar-refractivity contribution in [1.29, 1.82) is 0 Å². The van der Waals surface area contributed by atoms with Gasteiger partial charge in [0.15, 0.2) is 0 Å². The summed E-state index contributed by atoms with van der Waals surface area (Å²) in [6.45, 7) is 3.18. The fourth-order valence-corrected chi connectivity index (χ4v) is 1.56. The quantitative estimate of drug-likeness (QED) is 0.557. The third-order valence-electron chi connectivity index (χ3n) is 2.37. The molecule has 1 aliphatic rings. The first-order chi connectivity index (χ1) is 5.93. The van der Waals surface area contributed by atoms with Crippen molar-refractivity contribution in [3.8, 4) is 0 Å². The molecule has 0 unspecified atom stereocenters. The second kappa shape index (κ2) is 3.92. The van der Waals surface area contributed by atoms with Crippen LogP contribution in [-0.2, 0) is 4.74 Å². The third kappa shape index (κ3) is 2.91. The molecule has 0 aliphatic carbocycles. The van der Waals surface area contributed by atoms with Crippen LogP contribution < -0.4 is 0 Å². The van der Waals surface area contributed by atoms with Gasteiger partial charge in [-0.25, -0.2) is 0 Å². The van der Waals surface area contributed by atoms with Gasteiger partial charge >= 0.3 is 0 Å². The number of hydrogen-bond donors (Lipinski definition) is 3. The zero-order valence-electron chi connectivity index (χ0n) is 8.10. The summed E-state index contributed by atoms with van der Waals surface area (Å²) in [4.78, 5) is 0. The molecule has 0 aromatic carbocycles. The maximum atomic E-state index is 9.66. The molecule has 1 heterocycles. The first-order valence-electron chi connectivity index (χ1n) is 4.60. The molecule has 1 fully saturated rings. The van der Waals surface area contributed by atoms with Crippen LogP contribution in [0.15, 0.2) is 0 Å². The van der Waals surface area contributed by atoms with Gasteiger partial charge in [-0.1, -0.05) is 0 Å². The molecule has 0 radical (unpaired) electrons. The van der Waals surface area contributed by atoms with Crippen molar-refractivity contribution in [2.24, 2.45) is 0 Å². The van der Waals surface area contributed by atoms with Crippen LogP contribution in [-0.4, -0.2) is 45.8 Å². The van der Waals surface area contributed by atoms with E-state index in [1.807, 2.05) is 0 Å². The van der Waals surface area contributed by atoms with E-state index in [9.17, 15) is 10.2 Å². The van der Waals surface area contributed by atoms with Crippen LogP contribution in [0.2, 0.25) is 0 Å². The molecule has 3 atom stereocenters. The first-order valence-corrected chi connectivity index (χ1v) is 4.60. The van der Waals surface area contributed by atoms with Crippen molar-refractivity contribution in [2.75, 3.05) is 6.61 Å². The Kier molecular flexibility index (Phi) is 3.29. The lowest BCUT2D eigenvalue weighted by Gasteiger charge is -2.38. The summed E-state index contributed by atoms with van der Waals surface area (Å²) in [7, 11) is 0. The lowest BCUT2D eigenvalue weighted by Crippen LogP contribution is -2.48. The molecule has 0 aromatic heterocycles. The highest BCUT2D eigenvalue weighted by Crippen LogP contribution is 2.26. The van der Waals surface area contributed by atoms with E-state index in [1.54, 1.807) is 13.8 Å². The van der Waals surface area contributed by atoms with Gasteiger partial charge in [0.1, 0.15) is 0 Å². The minimum absolute atomic E-state index is 0.107. The Labute approximate surface area is 78.1 Å². The number of ether oxygens (including phenoxy) is 1. The van der Waals surface area contributed by atoms with E-state index in [4.69, 9.17) is 9.84 Å². The maximum Gasteiger partial charge on any atom is 0.0886 e. The minimum Gasteiger partial charge on any atom is -0.394 e. The molecular formula is C9H18O4. The molecule has 3 N–H and O–H groups in total. The average Bonchev–Trinajstić information content (AvgIpc) is 2.01. The summed E-state index contributed by atoms with van der Waals surface area (Å²) in [6, 6.07) is 0. The Morgan fingerprint density at radius 1 is 1.38 bits per heavy atom. The van der Waals surface area contributed by atoms with Gasteiger partial charge in [0.25, 0.3) is 0 Å². The molecule has 1 saturated heterocycles. The molecule has 13 heavy (non-hydrogen) atoms. The average molecular weight is 190 g/mol. The van der Waals surface area contributed by atoms with E-state index in [0.29, 0.717) is 12.8 Å².